The van der Waals surface area contributed by atoms with Crippen LogP contribution in [-0.4, -0.2) is 30.8 Å². The van der Waals surface area contributed by atoms with E-state index in [1.807, 2.05) is 0 Å². The lowest BCUT2D eigenvalue weighted by molar-refractivity contribution is 0.0690. The monoisotopic (exact) mass is 252 g/mol. The number of carboxylic acid groups (broad SMARTS) is 1. The maximum atomic E-state index is 10.9. The SMILES string of the molecule is Cc1cc(C(=O)O)nc(-n2cc(Cl)c(C)n2)n1. The van der Waals surface area contributed by atoms with E-state index in [4.69, 9.17) is 16.7 Å². The van der Waals surface area contributed by atoms with Crippen molar-refractivity contribution in [1.82, 2.24) is 19.7 Å². The Bertz CT molecular complexity index is 574. The Hall–Kier alpha value is -1.95. The van der Waals surface area contributed by atoms with Crippen LogP contribution in [0.5, 0.6) is 0 Å². The molecular weight excluding hydrogens is 244 g/mol. The van der Waals surface area contributed by atoms with Gasteiger partial charge in [-0.25, -0.2) is 19.4 Å². The summed E-state index contributed by atoms with van der Waals surface area (Å²) in [6, 6.07) is 1.39. The predicted molar refractivity (Wildman–Crippen MR) is 60.6 cm³/mol. The highest BCUT2D eigenvalue weighted by atomic mass is 35.5. The summed E-state index contributed by atoms with van der Waals surface area (Å²) >= 11 is 5.87. The summed E-state index contributed by atoms with van der Waals surface area (Å²) in [4.78, 5) is 18.9. The van der Waals surface area contributed by atoms with Gasteiger partial charge >= 0.3 is 5.97 Å². The largest absolute Gasteiger partial charge is 0.477 e. The summed E-state index contributed by atoms with van der Waals surface area (Å²) in [5, 5.41) is 13.5. The Morgan fingerprint density at radius 2 is 2.12 bits per heavy atom. The number of nitrogens with zero attached hydrogens (tertiary/aromatic N) is 4. The highest BCUT2D eigenvalue weighted by molar-refractivity contribution is 6.31. The lowest BCUT2D eigenvalue weighted by Gasteiger charge is -2.02. The van der Waals surface area contributed by atoms with Crippen LogP contribution in [0.1, 0.15) is 21.9 Å². The second kappa shape index (κ2) is 4.14. The molecule has 2 heterocycles. The van der Waals surface area contributed by atoms with Gasteiger partial charge in [0.25, 0.3) is 5.95 Å². The second-order valence-electron chi connectivity index (χ2n) is 3.51. The van der Waals surface area contributed by atoms with Gasteiger partial charge in [-0.1, -0.05) is 11.6 Å². The molecule has 6 nitrogen and oxygen atoms in total. The summed E-state index contributed by atoms with van der Waals surface area (Å²) < 4.78 is 1.36. The fourth-order valence-corrected chi connectivity index (χ4v) is 1.44. The zero-order valence-corrected chi connectivity index (χ0v) is 9.93. The van der Waals surface area contributed by atoms with E-state index in [1.54, 1.807) is 13.8 Å². The lowest BCUT2D eigenvalue weighted by Crippen LogP contribution is -2.09. The first-order chi connectivity index (χ1) is 7.97. The fraction of sp³-hybridized carbons (Fsp3) is 0.200. The van der Waals surface area contributed by atoms with Crippen molar-refractivity contribution in [1.29, 1.82) is 0 Å². The van der Waals surface area contributed by atoms with Gasteiger partial charge in [-0.05, 0) is 19.9 Å². The topological polar surface area (TPSA) is 80.9 Å². The van der Waals surface area contributed by atoms with Gasteiger partial charge in [0.2, 0.25) is 0 Å². The molecule has 0 aromatic carbocycles. The Kier molecular flexibility index (Phi) is 2.81. The molecule has 0 spiro atoms. The number of aromatic carboxylic acids is 1. The van der Waals surface area contributed by atoms with E-state index in [1.165, 1.54) is 16.9 Å². The third-order valence-electron chi connectivity index (χ3n) is 2.11. The van der Waals surface area contributed by atoms with Gasteiger partial charge in [0.05, 0.1) is 16.9 Å². The van der Waals surface area contributed by atoms with E-state index in [-0.39, 0.29) is 11.6 Å². The van der Waals surface area contributed by atoms with E-state index in [0.717, 1.165) is 0 Å². The van der Waals surface area contributed by atoms with Crippen molar-refractivity contribution in [3.8, 4) is 5.95 Å². The number of hydrogen-bond donors (Lipinski definition) is 1. The lowest BCUT2D eigenvalue weighted by atomic mass is 10.3. The van der Waals surface area contributed by atoms with Crippen molar-refractivity contribution in [3.05, 3.63) is 34.4 Å². The zero-order chi connectivity index (χ0) is 12.6. The average Bonchev–Trinajstić information content (AvgIpc) is 2.58. The number of hydrogen-bond acceptors (Lipinski definition) is 4. The van der Waals surface area contributed by atoms with E-state index in [0.29, 0.717) is 16.4 Å². The number of rotatable bonds is 2. The summed E-state index contributed by atoms with van der Waals surface area (Å²) in [5.41, 5.74) is 1.11. The molecule has 88 valence electrons. The van der Waals surface area contributed by atoms with Gasteiger partial charge in [0.15, 0.2) is 5.69 Å². The predicted octanol–water partition coefficient (Wildman–Crippen LogP) is 1.63. The molecule has 0 atom stereocenters. The Morgan fingerprint density at radius 3 is 2.65 bits per heavy atom. The first-order valence-electron chi connectivity index (χ1n) is 4.78. The molecule has 0 saturated carbocycles. The maximum Gasteiger partial charge on any atom is 0.354 e. The standard InChI is InChI=1S/C10H9ClN4O2/c1-5-3-8(9(16)17)13-10(12-5)15-4-7(11)6(2)14-15/h3-4H,1-2H3,(H,16,17). The van der Waals surface area contributed by atoms with Crippen LogP contribution in [0.2, 0.25) is 5.02 Å². The molecule has 0 amide bonds. The molecule has 2 aromatic rings. The molecule has 0 fully saturated rings. The molecule has 0 radical (unpaired) electrons. The molecule has 0 aliphatic rings. The van der Waals surface area contributed by atoms with Crippen molar-refractivity contribution >= 4 is 17.6 Å². The second-order valence-corrected chi connectivity index (χ2v) is 3.91. The summed E-state index contributed by atoms with van der Waals surface area (Å²) in [6.45, 7) is 3.43. The van der Waals surface area contributed by atoms with Crippen LogP contribution in [0.25, 0.3) is 5.95 Å². The van der Waals surface area contributed by atoms with Gasteiger partial charge in [0, 0.05) is 5.69 Å². The van der Waals surface area contributed by atoms with Gasteiger partial charge < -0.3 is 5.11 Å². The minimum atomic E-state index is -1.10. The van der Waals surface area contributed by atoms with Crippen molar-refractivity contribution in [2.45, 2.75) is 13.8 Å². The van der Waals surface area contributed by atoms with Gasteiger partial charge in [-0.15, -0.1) is 0 Å². The third-order valence-corrected chi connectivity index (χ3v) is 2.48. The molecule has 2 rings (SSSR count). The number of aromatic nitrogens is 4. The Balaban J connectivity index is 2.55. The number of carboxylic acids is 1. The molecular formula is C10H9ClN4O2. The van der Waals surface area contributed by atoms with Crippen molar-refractivity contribution in [3.63, 3.8) is 0 Å². The van der Waals surface area contributed by atoms with Crippen molar-refractivity contribution in [2.75, 3.05) is 0 Å². The van der Waals surface area contributed by atoms with Gasteiger partial charge in [-0.2, -0.15) is 5.10 Å². The van der Waals surface area contributed by atoms with Crippen LogP contribution >= 0.6 is 11.6 Å². The zero-order valence-electron chi connectivity index (χ0n) is 9.18. The molecule has 0 bridgehead atoms. The number of carbonyl (C=O) groups is 1. The quantitative estimate of drug-likeness (QED) is 0.879. The normalized spacial score (nSPS) is 10.5. The molecule has 1 N–H and O–H groups in total. The molecule has 17 heavy (non-hydrogen) atoms. The van der Waals surface area contributed by atoms with E-state index >= 15 is 0 Å². The Labute approximate surface area is 102 Å². The summed E-state index contributed by atoms with van der Waals surface area (Å²) in [6.07, 6.45) is 1.54. The highest BCUT2D eigenvalue weighted by Gasteiger charge is 2.11. The van der Waals surface area contributed by atoms with E-state index in [2.05, 4.69) is 15.1 Å². The number of halogens is 1. The minimum Gasteiger partial charge on any atom is -0.477 e. The smallest absolute Gasteiger partial charge is 0.354 e. The Morgan fingerprint density at radius 1 is 1.41 bits per heavy atom. The minimum absolute atomic E-state index is 0.0724. The molecule has 0 aliphatic carbocycles. The first-order valence-corrected chi connectivity index (χ1v) is 5.16. The third kappa shape index (κ3) is 2.26. The van der Waals surface area contributed by atoms with Crippen LogP contribution in [0.3, 0.4) is 0 Å². The molecule has 0 aliphatic heterocycles. The molecule has 0 unspecified atom stereocenters. The molecule has 0 saturated heterocycles. The number of aryl methyl sites for hydroxylation is 2. The summed E-state index contributed by atoms with van der Waals surface area (Å²) in [5.74, 6) is -0.913. The van der Waals surface area contributed by atoms with Crippen LogP contribution in [0.4, 0.5) is 0 Å². The van der Waals surface area contributed by atoms with Gasteiger partial charge in [-0.3, -0.25) is 0 Å². The summed E-state index contributed by atoms with van der Waals surface area (Å²) in [7, 11) is 0. The van der Waals surface area contributed by atoms with Crippen LogP contribution < -0.4 is 0 Å². The first kappa shape index (κ1) is 11.5. The maximum absolute atomic E-state index is 10.9. The average molecular weight is 253 g/mol. The molecule has 7 heteroatoms. The molecule has 2 aromatic heterocycles. The van der Waals surface area contributed by atoms with E-state index in [9.17, 15) is 4.79 Å². The van der Waals surface area contributed by atoms with E-state index < -0.39 is 5.97 Å². The fourth-order valence-electron chi connectivity index (χ4n) is 1.31. The highest BCUT2D eigenvalue weighted by Crippen LogP contribution is 2.14. The van der Waals surface area contributed by atoms with Crippen molar-refractivity contribution in [2.24, 2.45) is 0 Å². The van der Waals surface area contributed by atoms with Crippen molar-refractivity contribution < 1.29 is 9.90 Å². The van der Waals surface area contributed by atoms with Crippen LogP contribution in [0.15, 0.2) is 12.3 Å². The van der Waals surface area contributed by atoms with Crippen LogP contribution in [-0.2, 0) is 0 Å². The van der Waals surface area contributed by atoms with Gasteiger partial charge in [0.1, 0.15) is 0 Å². The van der Waals surface area contributed by atoms with Crippen LogP contribution in [0, 0.1) is 13.8 Å².